The lowest BCUT2D eigenvalue weighted by Crippen LogP contribution is -2.38. The Bertz CT molecular complexity index is 784. The molecule has 4 rings (SSSR count). The first-order valence-electron chi connectivity index (χ1n) is 9.84. The number of aromatic nitrogens is 2. The fourth-order valence-corrected chi connectivity index (χ4v) is 4.31. The largest absolute Gasteiger partial charge is 0.348 e. The van der Waals surface area contributed by atoms with Gasteiger partial charge in [0.05, 0.1) is 11.2 Å². The van der Waals surface area contributed by atoms with Crippen molar-refractivity contribution in [2.75, 3.05) is 18.0 Å². The van der Waals surface area contributed by atoms with Gasteiger partial charge in [0, 0.05) is 19.1 Å². The molecule has 0 atom stereocenters. The second-order valence-corrected chi connectivity index (χ2v) is 7.90. The van der Waals surface area contributed by atoms with E-state index in [2.05, 4.69) is 50.5 Å². The summed E-state index contributed by atoms with van der Waals surface area (Å²) in [5.74, 6) is 1.00. The van der Waals surface area contributed by atoms with Gasteiger partial charge in [-0.05, 0) is 50.0 Å². The quantitative estimate of drug-likeness (QED) is 0.858. The highest BCUT2D eigenvalue weighted by Gasteiger charge is 2.25. The molecule has 0 spiro atoms. The van der Waals surface area contributed by atoms with Gasteiger partial charge in [0.1, 0.15) is 0 Å². The Morgan fingerprint density at radius 3 is 2.48 bits per heavy atom. The van der Waals surface area contributed by atoms with Crippen LogP contribution in [0.5, 0.6) is 0 Å². The van der Waals surface area contributed by atoms with E-state index in [1.165, 1.54) is 5.56 Å². The molecular weight excluding hydrogens is 360 g/mol. The lowest BCUT2D eigenvalue weighted by Gasteiger charge is -2.29. The molecule has 6 heteroatoms. The molecule has 2 fully saturated rings. The predicted octanol–water partition coefficient (Wildman–Crippen LogP) is 4.19. The molecule has 1 saturated carbocycles. The van der Waals surface area contributed by atoms with Gasteiger partial charge >= 0.3 is 0 Å². The minimum absolute atomic E-state index is 0.179. The van der Waals surface area contributed by atoms with Crippen molar-refractivity contribution in [1.82, 2.24) is 15.3 Å². The van der Waals surface area contributed by atoms with Crippen LogP contribution in [0.2, 0.25) is 5.02 Å². The van der Waals surface area contributed by atoms with Gasteiger partial charge in [0.25, 0.3) is 5.91 Å². The molecule has 2 aliphatic rings. The minimum Gasteiger partial charge on any atom is -0.348 e. The Morgan fingerprint density at radius 2 is 1.78 bits per heavy atom. The van der Waals surface area contributed by atoms with Gasteiger partial charge in [-0.3, -0.25) is 4.79 Å². The van der Waals surface area contributed by atoms with Crippen LogP contribution in [-0.2, 0) is 0 Å². The zero-order valence-electron chi connectivity index (χ0n) is 15.4. The highest BCUT2D eigenvalue weighted by molar-refractivity contribution is 6.33. The molecule has 142 valence electrons. The molecule has 1 aromatic heterocycles. The molecule has 1 aliphatic heterocycles. The van der Waals surface area contributed by atoms with Crippen LogP contribution in [0.1, 0.15) is 60.5 Å². The number of hydrogen-bond acceptors (Lipinski definition) is 4. The van der Waals surface area contributed by atoms with Crippen molar-refractivity contribution in [3.8, 4) is 0 Å². The predicted molar refractivity (Wildman–Crippen MR) is 107 cm³/mol. The lowest BCUT2D eigenvalue weighted by molar-refractivity contribution is 0.0921. The Labute approximate surface area is 165 Å². The van der Waals surface area contributed by atoms with Crippen LogP contribution in [0.15, 0.2) is 36.5 Å². The highest BCUT2D eigenvalue weighted by Crippen LogP contribution is 2.33. The van der Waals surface area contributed by atoms with E-state index >= 15 is 0 Å². The number of benzene rings is 1. The summed E-state index contributed by atoms with van der Waals surface area (Å²) in [6.07, 6.45) is 7.96. The summed E-state index contributed by atoms with van der Waals surface area (Å²) in [6.45, 7) is 1.87. The first-order chi connectivity index (χ1) is 13.2. The number of nitrogens with one attached hydrogen (secondary N) is 1. The maximum atomic E-state index is 12.7. The van der Waals surface area contributed by atoms with Crippen molar-refractivity contribution < 1.29 is 4.79 Å². The number of hydrogen-bond donors (Lipinski definition) is 1. The first kappa shape index (κ1) is 18.2. The van der Waals surface area contributed by atoms with Crippen LogP contribution >= 0.6 is 11.6 Å². The smallest absolute Gasteiger partial charge is 0.271 e. The fraction of sp³-hybridized carbons (Fsp3) is 0.476. The fourth-order valence-electron chi connectivity index (χ4n) is 4.14. The van der Waals surface area contributed by atoms with Crippen molar-refractivity contribution in [1.29, 1.82) is 0 Å². The van der Waals surface area contributed by atoms with Gasteiger partial charge in [-0.15, -0.1) is 0 Å². The van der Waals surface area contributed by atoms with Gasteiger partial charge in [-0.1, -0.05) is 41.9 Å². The summed E-state index contributed by atoms with van der Waals surface area (Å²) < 4.78 is 0. The van der Waals surface area contributed by atoms with E-state index < -0.39 is 0 Å². The molecule has 1 N–H and O–H groups in total. The maximum Gasteiger partial charge on any atom is 0.271 e. The Morgan fingerprint density at radius 1 is 1.07 bits per heavy atom. The number of anilines is 1. The van der Waals surface area contributed by atoms with Crippen molar-refractivity contribution >= 4 is 23.5 Å². The van der Waals surface area contributed by atoms with Crippen molar-refractivity contribution in [3.05, 3.63) is 52.8 Å². The highest BCUT2D eigenvalue weighted by atomic mass is 35.5. The van der Waals surface area contributed by atoms with E-state index in [1.54, 1.807) is 6.20 Å². The first-order valence-corrected chi connectivity index (χ1v) is 10.2. The summed E-state index contributed by atoms with van der Waals surface area (Å²) in [5.41, 5.74) is 1.69. The summed E-state index contributed by atoms with van der Waals surface area (Å²) in [6, 6.07) is 10.8. The van der Waals surface area contributed by atoms with E-state index in [1.807, 2.05) is 0 Å². The minimum atomic E-state index is -0.189. The number of rotatable bonds is 4. The van der Waals surface area contributed by atoms with Gasteiger partial charge in [0.15, 0.2) is 5.69 Å². The van der Waals surface area contributed by atoms with Gasteiger partial charge in [-0.2, -0.15) is 0 Å². The Balaban J connectivity index is 1.37. The Hall–Kier alpha value is -2.14. The van der Waals surface area contributed by atoms with Crippen molar-refractivity contribution in [2.45, 2.75) is 50.5 Å². The second kappa shape index (κ2) is 8.26. The van der Waals surface area contributed by atoms with E-state index in [-0.39, 0.29) is 11.9 Å². The molecule has 27 heavy (non-hydrogen) atoms. The van der Waals surface area contributed by atoms with Crippen molar-refractivity contribution in [2.24, 2.45) is 0 Å². The standard InChI is InChI=1S/C21H25ClN4O/c22-18-14-23-21(26-12-4-5-13-26)25-19(18)20(27)24-17-10-8-16(9-11-17)15-6-2-1-3-7-15/h1-3,6-7,14,16-17H,4-5,8-13H2,(H,24,27). The average Bonchev–Trinajstić information content (AvgIpc) is 3.24. The van der Waals surface area contributed by atoms with E-state index in [4.69, 9.17) is 11.6 Å². The zero-order valence-corrected chi connectivity index (χ0v) is 16.2. The maximum absolute atomic E-state index is 12.7. The Kier molecular flexibility index (Phi) is 5.58. The molecule has 5 nitrogen and oxygen atoms in total. The molecule has 1 aliphatic carbocycles. The molecule has 0 bridgehead atoms. The van der Waals surface area contributed by atoms with Crippen LogP contribution in [0.3, 0.4) is 0 Å². The molecule has 1 aromatic carbocycles. The van der Waals surface area contributed by atoms with Gasteiger partial charge < -0.3 is 10.2 Å². The van der Waals surface area contributed by atoms with Crippen molar-refractivity contribution in [3.63, 3.8) is 0 Å². The molecule has 1 amide bonds. The normalized spacial score (nSPS) is 22.6. The number of carbonyl (C=O) groups is 1. The molecular formula is C21H25ClN4O. The van der Waals surface area contributed by atoms with Crippen LogP contribution in [0.25, 0.3) is 0 Å². The summed E-state index contributed by atoms with van der Waals surface area (Å²) in [4.78, 5) is 23.6. The third-order valence-corrected chi connectivity index (χ3v) is 5.95. The molecule has 2 heterocycles. The molecule has 0 radical (unpaired) electrons. The van der Waals surface area contributed by atoms with Gasteiger partial charge in [0.2, 0.25) is 5.95 Å². The van der Waals surface area contributed by atoms with E-state index in [0.29, 0.717) is 22.6 Å². The van der Waals surface area contributed by atoms with E-state index in [9.17, 15) is 4.79 Å². The summed E-state index contributed by atoms with van der Waals surface area (Å²) in [5, 5.41) is 3.45. The SMILES string of the molecule is O=C(NC1CCC(c2ccccc2)CC1)c1nc(N2CCCC2)ncc1Cl. The number of amides is 1. The lowest BCUT2D eigenvalue weighted by atomic mass is 9.82. The third kappa shape index (κ3) is 4.24. The van der Waals surface area contributed by atoms with Crippen LogP contribution in [0.4, 0.5) is 5.95 Å². The number of carbonyl (C=O) groups excluding carboxylic acids is 1. The van der Waals surface area contributed by atoms with Crippen LogP contribution < -0.4 is 10.2 Å². The zero-order chi connectivity index (χ0) is 18.6. The monoisotopic (exact) mass is 384 g/mol. The number of nitrogens with zero attached hydrogens (tertiary/aromatic N) is 3. The topological polar surface area (TPSA) is 58.1 Å². The molecule has 2 aromatic rings. The summed E-state index contributed by atoms with van der Waals surface area (Å²) in [7, 11) is 0. The average molecular weight is 385 g/mol. The second-order valence-electron chi connectivity index (χ2n) is 7.49. The van der Waals surface area contributed by atoms with Gasteiger partial charge in [-0.25, -0.2) is 9.97 Å². The molecule has 1 saturated heterocycles. The van der Waals surface area contributed by atoms with E-state index in [0.717, 1.165) is 51.6 Å². The third-order valence-electron chi connectivity index (χ3n) is 5.67. The van der Waals surface area contributed by atoms with Crippen LogP contribution in [0, 0.1) is 0 Å². The number of halogens is 1. The van der Waals surface area contributed by atoms with Crippen LogP contribution in [-0.4, -0.2) is 35.0 Å². The molecule has 0 unspecified atom stereocenters. The summed E-state index contributed by atoms with van der Waals surface area (Å²) >= 11 is 6.21.